The molecule has 304 valence electrons. The lowest BCUT2D eigenvalue weighted by molar-refractivity contribution is -0.265. The molecule has 5 rings (SSSR count). The Morgan fingerprint density at radius 2 is 1.65 bits per heavy atom. The summed E-state index contributed by atoms with van der Waals surface area (Å²) in [5.41, 5.74) is -1.31. The van der Waals surface area contributed by atoms with E-state index in [9.17, 15) is 27.0 Å². The summed E-state index contributed by atoms with van der Waals surface area (Å²) in [5, 5.41) is 8.32. The Kier molecular flexibility index (Phi) is 11.7. The van der Waals surface area contributed by atoms with Gasteiger partial charge >= 0.3 is 6.18 Å². The number of amides is 2. The number of hydrogen-bond acceptors (Lipinski definition) is 7. The number of benzene rings is 2. The van der Waals surface area contributed by atoms with Gasteiger partial charge in [-0.1, -0.05) is 37.8 Å². The average molecular weight is 816 g/mol. The van der Waals surface area contributed by atoms with Crippen molar-refractivity contribution in [2.45, 2.75) is 114 Å². The van der Waals surface area contributed by atoms with Gasteiger partial charge in [0, 0.05) is 29.4 Å². The van der Waals surface area contributed by atoms with Crippen LogP contribution in [0, 0.1) is 5.92 Å². The largest absolute Gasteiger partial charge is 0.416 e. The molecule has 55 heavy (non-hydrogen) atoms. The van der Waals surface area contributed by atoms with E-state index < -0.39 is 84.9 Å². The predicted octanol–water partition coefficient (Wildman–Crippen LogP) is 7.55. The van der Waals surface area contributed by atoms with E-state index in [1.807, 2.05) is 0 Å². The lowest BCUT2D eigenvalue weighted by atomic mass is 9.95. The molecule has 2 aliphatic rings. The van der Waals surface area contributed by atoms with Crippen LogP contribution in [-0.2, 0) is 27.2 Å². The quantitative estimate of drug-likeness (QED) is 0.0554. The van der Waals surface area contributed by atoms with Gasteiger partial charge < -0.3 is 19.4 Å². The third kappa shape index (κ3) is 10.3. The normalized spacial score (nSPS) is 18.4. The van der Waals surface area contributed by atoms with Crippen LogP contribution >= 0.6 is 0 Å². The summed E-state index contributed by atoms with van der Waals surface area (Å²) in [7, 11) is -3.39. The van der Waals surface area contributed by atoms with E-state index in [4.69, 9.17) is 22.3 Å². The highest BCUT2D eigenvalue weighted by Crippen LogP contribution is 2.43. The van der Waals surface area contributed by atoms with Crippen LogP contribution < -0.4 is 10.5 Å². The van der Waals surface area contributed by atoms with Gasteiger partial charge in [0.1, 0.15) is 12.6 Å². The summed E-state index contributed by atoms with van der Waals surface area (Å²) in [6, 6.07) is 10.5. The number of alkyl halides is 5. The first-order valence-corrected chi connectivity index (χ1v) is 23.1. The molecule has 1 aliphatic heterocycles. The van der Waals surface area contributed by atoms with E-state index in [-0.39, 0.29) is 36.0 Å². The summed E-state index contributed by atoms with van der Waals surface area (Å²) >= 11 is 0. The predicted molar refractivity (Wildman–Crippen MR) is 204 cm³/mol. The smallest absolute Gasteiger partial charge is 0.365 e. The number of nitrogens with two attached hydrogens (primary N) is 1. The molecule has 10 nitrogen and oxygen atoms in total. The van der Waals surface area contributed by atoms with Crippen LogP contribution in [0.25, 0.3) is 11.0 Å². The number of imide groups is 1. The van der Waals surface area contributed by atoms with Crippen LogP contribution in [0.4, 0.5) is 22.0 Å². The average Bonchev–Trinajstić information content (AvgIpc) is 3.84. The third-order valence-electron chi connectivity index (χ3n) is 10.1. The second-order valence-corrected chi connectivity index (χ2v) is 24.1. The van der Waals surface area contributed by atoms with Gasteiger partial charge in [-0.25, -0.2) is 18.0 Å². The summed E-state index contributed by atoms with van der Waals surface area (Å²) in [4.78, 5) is 31.0. The fourth-order valence-corrected chi connectivity index (χ4v) is 7.46. The summed E-state index contributed by atoms with van der Waals surface area (Å²) in [6.07, 6.45) is -3.46. The Balaban J connectivity index is 1.50. The molecule has 2 heterocycles. The minimum atomic E-state index is -4.70. The highest BCUT2D eigenvalue weighted by atomic mass is 32.2. The van der Waals surface area contributed by atoms with Gasteiger partial charge in [0.15, 0.2) is 5.60 Å². The Labute approximate surface area is 325 Å². The van der Waals surface area contributed by atoms with Crippen LogP contribution in [0.1, 0.15) is 93.8 Å². The molecule has 1 aromatic heterocycles. The fraction of sp³-hybridized carbons (Fsp3) is 0.605. The first kappa shape index (κ1) is 40.1. The van der Waals surface area contributed by atoms with Gasteiger partial charge in [-0.3, -0.25) is 19.6 Å². The van der Waals surface area contributed by atoms with E-state index in [1.165, 1.54) is 24.3 Å². The van der Waals surface area contributed by atoms with Crippen molar-refractivity contribution >= 4 is 41.9 Å². The fourth-order valence-electron chi connectivity index (χ4n) is 6.34. The zero-order valence-corrected chi connectivity index (χ0v) is 34.0. The third-order valence-corrected chi connectivity index (χ3v) is 13.1. The van der Waals surface area contributed by atoms with Gasteiger partial charge in [0.2, 0.25) is 0 Å². The minimum Gasteiger partial charge on any atom is -0.365 e. The van der Waals surface area contributed by atoms with Crippen LogP contribution in [0.5, 0.6) is 0 Å². The lowest BCUT2D eigenvalue weighted by Crippen LogP contribution is -2.46. The zero-order valence-electron chi connectivity index (χ0n) is 34.2. The molecule has 3 N–H and O–H groups in total. The molecule has 3 atom stereocenters. The van der Waals surface area contributed by atoms with Gasteiger partial charge in [0.25, 0.3) is 17.7 Å². The molecule has 0 radical (unpaired) electrons. The molecular weight excluding hydrogens is 762 g/mol. The van der Waals surface area contributed by atoms with Crippen molar-refractivity contribution in [3.8, 4) is 0 Å². The summed E-state index contributed by atoms with van der Waals surface area (Å²) < 4.78 is 116. The SMILES string of the molecule is [2H]C([2H])(N[C@@H](c1ccc2c(c1)nc([C@H](COC(C)(C)C(F)(F)F)CC(C)(C)S(N)=O)n2COCC[Si](C)(C)C)C1CC1)C(F)(F)CN1C(=O)c2ccccc2C1=O. The van der Waals surface area contributed by atoms with Gasteiger partial charge in [-0.05, 0) is 88.7 Å². The number of imidazole rings is 1. The highest BCUT2D eigenvalue weighted by Gasteiger charge is 2.49. The van der Waals surface area contributed by atoms with Crippen molar-refractivity contribution < 1.29 is 48.0 Å². The number of aromatic nitrogens is 2. The van der Waals surface area contributed by atoms with Crippen LogP contribution in [-0.4, -0.2) is 87.3 Å². The second-order valence-electron chi connectivity index (χ2n) is 16.8. The maximum atomic E-state index is 15.9. The Bertz CT molecular complexity index is 1970. The molecule has 1 unspecified atom stereocenters. The first-order chi connectivity index (χ1) is 26.2. The van der Waals surface area contributed by atoms with E-state index in [1.54, 1.807) is 36.6 Å². The molecule has 0 saturated heterocycles. The molecule has 0 bridgehead atoms. The molecule has 3 aromatic rings. The first-order valence-electron chi connectivity index (χ1n) is 19.2. The van der Waals surface area contributed by atoms with Crippen LogP contribution in [0.3, 0.4) is 0 Å². The highest BCUT2D eigenvalue weighted by molar-refractivity contribution is 7.84. The van der Waals surface area contributed by atoms with Gasteiger partial charge in [-0.2, -0.15) is 13.2 Å². The van der Waals surface area contributed by atoms with Crippen LogP contribution in [0.15, 0.2) is 42.5 Å². The molecule has 2 aromatic carbocycles. The maximum Gasteiger partial charge on any atom is 0.416 e. The zero-order chi connectivity index (χ0) is 42.5. The molecule has 2 amide bonds. The van der Waals surface area contributed by atoms with E-state index >= 15 is 8.78 Å². The standard InChI is InChI=1S/C38H52F5N5O5SSi/c1-35(2,54(44)51)19-26(20-53-36(3,4)38(41,42)43)32-46-29-18-25(14-15-30(29)48(32)23-52-16-17-55(5,6)7)31(24-12-13-24)45-21-37(39,40)22-47-33(49)27-10-8-9-11-28(27)34(47)50/h8-11,14-15,18,24,26,31,45H,12-13,16-17,19-23,44H2,1-7H3/t26-,31+,54?/m0/s1/i21D2. The van der Waals surface area contributed by atoms with Gasteiger partial charge in [0.05, 0.1) is 57.5 Å². The molecule has 1 aliphatic carbocycles. The number of rotatable bonds is 19. The minimum absolute atomic E-state index is 0.0176. The molecular formula is C38H52F5N5O5SSi. The number of hydrogen-bond donors (Lipinski definition) is 2. The Morgan fingerprint density at radius 1 is 1.04 bits per heavy atom. The topological polar surface area (TPSA) is 129 Å². The molecule has 1 saturated carbocycles. The van der Waals surface area contributed by atoms with E-state index in [0.717, 1.165) is 19.9 Å². The van der Waals surface area contributed by atoms with Crippen molar-refractivity contribution in [3.05, 3.63) is 65.0 Å². The van der Waals surface area contributed by atoms with Crippen molar-refractivity contribution in [2.24, 2.45) is 11.1 Å². The van der Waals surface area contributed by atoms with Crippen LogP contribution in [0.2, 0.25) is 25.7 Å². The number of fused-ring (bicyclic) bond motifs is 2. The van der Waals surface area contributed by atoms with E-state index in [0.29, 0.717) is 40.9 Å². The molecule has 17 heteroatoms. The summed E-state index contributed by atoms with van der Waals surface area (Å²) in [5.74, 6) is -6.89. The Morgan fingerprint density at radius 3 is 2.20 bits per heavy atom. The van der Waals surface area contributed by atoms with Crippen molar-refractivity contribution in [1.29, 1.82) is 0 Å². The number of nitrogens with one attached hydrogen (secondary N) is 1. The van der Waals surface area contributed by atoms with Crippen molar-refractivity contribution in [1.82, 2.24) is 19.8 Å². The number of carbonyl (C=O) groups excluding carboxylic acids is 2. The molecule has 1 fully saturated rings. The number of halogens is 5. The van der Waals surface area contributed by atoms with E-state index in [2.05, 4.69) is 25.0 Å². The number of ether oxygens (including phenoxy) is 2. The second kappa shape index (κ2) is 16.0. The molecule has 0 spiro atoms. The maximum absolute atomic E-state index is 15.9. The Hall–Kier alpha value is -3.09. The van der Waals surface area contributed by atoms with Gasteiger partial charge in [-0.15, -0.1) is 0 Å². The van der Waals surface area contributed by atoms with Crippen molar-refractivity contribution in [2.75, 3.05) is 26.3 Å². The monoisotopic (exact) mass is 815 g/mol. The summed E-state index contributed by atoms with van der Waals surface area (Å²) in [6.45, 7) is 6.69. The number of nitrogens with zero attached hydrogens (tertiary/aromatic N) is 3. The lowest BCUT2D eigenvalue weighted by Gasteiger charge is -2.32. The number of carbonyl (C=O) groups is 2. The van der Waals surface area contributed by atoms with Crippen molar-refractivity contribution in [3.63, 3.8) is 0 Å².